The van der Waals surface area contributed by atoms with Gasteiger partial charge in [-0.25, -0.2) is 9.98 Å². The Kier molecular flexibility index (Phi) is 7.86. The van der Waals surface area contributed by atoms with Crippen LogP contribution in [0.5, 0.6) is 0 Å². The molecular weight excluding hydrogens is 366 g/mol. The van der Waals surface area contributed by atoms with Crippen molar-refractivity contribution in [1.29, 1.82) is 0 Å². The van der Waals surface area contributed by atoms with Crippen LogP contribution in [0.1, 0.15) is 52.9 Å². The third kappa shape index (κ3) is 6.04. The molecule has 1 saturated heterocycles. The zero-order valence-corrected chi connectivity index (χ0v) is 18.2. The minimum atomic E-state index is 0.694. The Labute approximate surface area is 173 Å². The van der Waals surface area contributed by atoms with Crippen LogP contribution in [-0.2, 0) is 19.6 Å². The van der Waals surface area contributed by atoms with Gasteiger partial charge in [-0.3, -0.25) is 4.90 Å². The number of hydrogen-bond donors (Lipinski definition) is 2. The molecular formula is C22H33N5S. The van der Waals surface area contributed by atoms with Crippen molar-refractivity contribution in [2.45, 2.75) is 59.7 Å². The van der Waals surface area contributed by atoms with E-state index >= 15 is 0 Å². The van der Waals surface area contributed by atoms with Crippen molar-refractivity contribution in [2.75, 3.05) is 19.6 Å². The van der Waals surface area contributed by atoms with E-state index in [9.17, 15) is 0 Å². The Morgan fingerprint density at radius 3 is 2.54 bits per heavy atom. The lowest BCUT2D eigenvalue weighted by Crippen LogP contribution is -2.36. The molecule has 2 N–H and O–H groups in total. The number of nitrogens with one attached hydrogen (secondary N) is 2. The monoisotopic (exact) mass is 399 g/mol. The summed E-state index contributed by atoms with van der Waals surface area (Å²) in [5.41, 5.74) is 3.82. The topological polar surface area (TPSA) is 52.6 Å². The molecule has 0 amide bonds. The summed E-state index contributed by atoms with van der Waals surface area (Å²) in [6.07, 6.45) is 4.02. The number of nitrogens with zero attached hydrogens (tertiary/aromatic N) is 3. The number of guanidine groups is 1. The van der Waals surface area contributed by atoms with Crippen LogP contribution in [0.25, 0.3) is 0 Å². The number of piperidine rings is 1. The number of aromatic nitrogens is 1. The van der Waals surface area contributed by atoms with E-state index in [1.807, 2.05) is 0 Å². The Bertz CT molecular complexity index is 777. The van der Waals surface area contributed by atoms with Crippen molar-refractivity contribution >= 4 is 17.3 Å². The lowest BCUT2D eigenvalue weighted by Gasteiger charge is -2.27. The van der Waals surface area contributed by atoms with E-state index in [0.29, 0.717) is 6.54 Å². The van der Waals surface area contributed by atoms with Crippen LogP contribution in [0.2, 0.25) is 0 Å². The first kappa shape index (κ1) is 20.8. The lowest BCUT2D eigenvalue weighted by molar-refractivity contribution is 0.220. The molecule has 0 spiro atoms. The fourth-order valence-electron chi connectivity index (χ4n) is 3.63. The smallest absolute Gasteiger partial charge is 0.191 e. The average Bonchev–Trinajstić information content (AvgIpc) is 3.03. The summed E-state index contributed by atoms with van der Waals surface area (Å²) in [5.74, 6) is 0.862. The third-order valence-electron chi connectivity index (χ3n) is 5.13. The second kappa shape index (κ2) is 10.6. The number of rotatable bonds is 7. The van der Waals surface area contributed by atoms with Crippen molar-refractivity contribution in [3.63, 3.8) is 0 Å². The summed E-state index contributed by atoms with van der Waals surface area (Å²) in [6, 6.07) is 8.73. The highest BCUT2D eigenvalue weighted by Gasteiger charge is 2.12. The van der Waals surface area contributed by atoms with Crippen molar-refractivity contribution in [3.05, 3.63) is 51.0 Å². The minimum Gasteiger partial charge on any atom is -0.357 e. The zero-order valence-electron chi connectivity index (χ0n) is 17.4. The maximum atomic E-state index is 4.85. The van der Waals surface area contributed by atoms with Gasteiger partial charge in [0.15, 0.2) is 5.96 Å². The fraction of sp³-hybridized carbons (Fsp3) is 0.545. The molecule has 0 radical (unpaired) electrons. The van der Waals surface area contributed by atoms with Gasteiger partial charge in [0, 0.05) is 18.0 Å². The van der Waals surface area contributed by atoms with Crippen LogP contribution in [0.3, 0.4) is 0 Å². The normalized spacial score (nSPS) is 15.6. The van der Waals surface area contributed by atoms with Crippen LogP contribution in [-0.4, -0.2) is 35.5 Å². The predicted molar refractivity (Wildman–Crippen MR) is 119 cm³/mol. The molecule has 3 rings (SSSR count). The first-order chi connectivity index (χ1) is 13.7. The number of likely N-dealkylation sites (tertiary alicyclic amines) is 1. The molecule has 0 bridgehead atoms. The largest absolute Gasteiger partial charge is 0.357 e. The summed E-state index contributed by atoms with van der Waals surface area (Å²) in [7, 11) is 0. The van der Waals surface area contributed by atoms with Crippen molar-refractivity contribution in [3.8, 4) is 0 Å². The molecule has 1 aliphatic rings. The van der Waals surface area contributed by atoms with Crippen LogP contribution in [0.15, 0.2) is 29.3 Å². The predicted octanol–water partition coefficient (Wildman–Crippen LogP) is 4.00. The third-order valence-corrected chi connectivity index (χ3v) is 6.20. The SMILES string of the molecule is CCNC(=NCc1ccccc1CN1CCCCC1)NCc1sc(C)nc1C. The highest BCUT2D eigenvalue weighted by Crippen LogP contribution is 2.18. The van der Waals surface area contributed by atoms with E-state index in [4.69, 9.17) is 4.99 Å². The van der Waals surface area contributed by atoms with E-state index < -0.39 is 0 Å². The summed E-state index contributed by atoms with van der Waals surface area (Å²) < 4.78 is 0. The van der Waals surface area contributed by atoms with Gasteiger partial charge in [-0.05, 0) is 57.8 Å². The molecule has 1 aromatic carbocycles. The van der Waals surface area contributed by atoms with Gasteiger partial charge in [0.1, 0.15) is 0 Å². The van der Waals surface area contributed by atoms with Crippen LogP contribution in [0, 0.1) is 13.8 Å². The number of aliphatic imine (C=N–C) groups is 1. The molecule has 0 aliphatic carbocycles. The van der Waals surface area contributed by atoms with E-state index in [2.05, 4.69) is 65.6 Å². The van der Waals surface area contributed by atoms with Crippen molar-refractivity contribution < 1.29 is 0 Å². The first-order valence-corrected chi connectivity index (χ1v) is 11.2. The first-order valence-electron chi connectivity index (χ1n) is 10.4. The van der Waals surface area contributed by atoms with Gasteiger partial charge in [0.2, 0.25) is 0 Å². The average molecular weight is 400 g/mol. The number of aryl methyl sites for hydroxylation is 2. The standard InChI is InChI=1S/C22H33N5S/c1-4-23-22(25-15-21-17(2)26-18(3)28-21)24-14-19-10-6-7-11-20(19)16-27-12-8-5-9-13-27/h6-7,10-11H,4-5,8-9,12-16H2,1-3H3,(H2,23,24,25). The number of thiazole rings is 1. The molecule has 1 aliphatic heterocycles. The molecule has 28 heavy (non-hydrogen) atoms. The van der Waals surface area contributed by atoms with E-state index in [0.717, 1.165) is 36.3 Å². The molecule has 1 aromatic heterocycles. The van der Waals surface area contributed by atoms with Gasteiger partial charge in [-0.15, -0.1) is 11.3 Å². The highest BCUT2D eigenvalue weighted by atomic mass is 32.1. The molecule has 0 saturated carbocycles. The van der Waals surface area contributed by atoms with E-state index in [-0.39, 0.29) is 0 Å². The Balaban J connectivity index is 1.64. The zero-order chi connectivity index (χ0) is 19.8. The molecule has 2 heterocycles. The highest BCUT2D eigenvalue weighted by molar-refractivity contribution is 7.11. The second-order valence-electron chi connectivity index (χ2n) is 7.40. The second-order valence-corrected chi connectivity index (χ2v) is 8.68. The van der Waals surface area contributed by atoms with Gasteiger partial charge >= 0.3 is 0 Å². The van der Waals surface area contributed by atoms with Crippen LogP contribution in [0.4, 0.5) is 0 Å². The van der Waals surface area contributed by atoms with Crippen molar-refractivity contribution in [2.24, 2.45) is 4.99 Å². The van der Waals surface area contributed by atoms with Crippen LogP contribution < -0.4 is 10.6 Å². The van der Waals surface area contributed by atoms with Gasteiger partial charge in [-0.2, -0.15) is 0 Å². The van der Waals surface area contributed by atoms with Gasteiger partial charge in [0.05, 0.1) is 23.8 Å². The van der Waals surface area contributed by atoms with E-state index in [1.54, 1.807) is 11.3 Å². The van der Waals surface area contributed by atoms with Gasteiger partial charge in [0.25, 0.3) is 0 Å². The summed E-state index contributed by atoms with van der Waals surface area (Å²) in [5, 5.41) is 7.94. The molecule has 6 heteroatoms. The number of hydrogen-bond acceptors (Lipinski definition) is 4. The molecule has 0 unspecified atom stereocenters. The Hall–Kier alpha value is -1.92. The maximum absolute atomic E-state index is 4.85. The molecule has 152 valence electrons. The summed E-state index contributed by atoms with van der Waals surface area (Å²) in [4.78, 5) is 13.2. The quantitative estimate of drug-likeness (QED) is 0.546. The molecule has 0 atom stereocenters. The molecule has 2 aromatic rings. The molecule has 1 fully saturated rings. The fourth-order valence-corrected chi connectivity index (χ4v) is 4.51. The van der Waals surface area contributed by atoms with E-state index in [1.165, 1.54) is 48.4 Å². The summed E-state index contributed by atoms with van der Waals surface area (Å²) >= 11 is 1.75. The number of benzene rings is 1. The lowest BCUT2D eigenvalue weighted by atomic mass is 10.1. The minimum absolute atomic E-state index is 0.694. The molecule has 5 nitrogen and oxygen atoms in total. The van der Waals surface area contributed by atoms with Crippen LogP contribution >= 0.6 is 11.3 Å². The van der Waals surface area contributed by atoms with Gasteiger partial charge in [-0.1, -0.05) is 30.7 Å². The van der Waals surface area contributed by atoms with Crippen molar-refractivity contribution in [1.82, 2.24) is 20.5 Å². The Morgan fingerprint density at radius 2 is 1.86 bits per heavy atom. The Morgan fingerprint density at radius 1 is 1.11 bits per heavy atom. The van der Waals surface area contributed by atoms with Gasteiger partial charge < -0.3 is 10.6 Å². The maximum Gasteiger partial charge on any atom is 0.191 e. The summed E-state index contributed by atoms with van der Waals surface area (Å²) in [6.45, 7) is 12.0.